The first-order valence-electron chi connectivity index (χ1n) is 7.09. The van der Waals surface area contributed by atoms with E-state index in [4.69, 9.17) is 4.74 Å². The molecule has 5 nitrogen and oxygen atoms in total. The summed E-state index contributed by atoms with van der Waals surface area (Å²) in [6.45, 7) is 0. The number of nitrogens with zero attached hydrogens (tertiary/aromatic N) is 2. The van der Waals surface area contributed by atoms with E-state index in [-0.39, 0.29) is 5.91 Å². The minimum Gasteiger partial charge on any atom is -0.497 e. The number of methoxy groups -OCH3 is 1. The number of nitrogens with one attached hydrogen (secondary N) is 1. The Labute approximate surface area is 133 Å². The van der Waals surface area contributed by atoms with Gasteiger partial charge in [0.2, 0.25) is 0 Å². The van der Waals surface area contributed by atoms with Crippen molar-refractivity contribution in [2.24, 2.45) is 5.10 Å². The number of para-hydroxylation sites is 1. The van der Waals surface area contributed by atoms with E-state index in [0.717, 1.165) is 22.2 Å². The normalized spacial score (nSPS) is 10.8. The second-order valence-corrected chi connectivity index (χ2v) is 4.86. The molecule has 0 saturated carbocycles. The van der Waals surface area contributed by atoms with Gasteiger partial charge in [-0.05, 0) is 42.0 Å². The van der Waals surface area contributed by atoms with E-state index in [1.165, 1.54) is 0 Å². The number of fused-ring (bicyclic) bond motifs is 1. The minimum atomic E-state index is -0.347. The Balaban J connectivity index is 1.68. The largest absolute Gasteiger partial charge is 0.497 e. The molecule has 0 unspecified atom stereocenters. The van der Waals surface area contributed by atoms with Crippen LogP contribution in [0.2, 0.25) is 0 Å². The molecule has 3 rings (SSSR count). The second-order valence-electron chi connectivity index (χ2n) is 4.86. The van der Waals surface area contributed by atoms with Gasteiger partial charge in [-0.2, -0.15) is 5.10 Å². The summed E-state index contributed by atoms with van der Waals surface area (Å²) in [6.07, 6.45) is 1.57. The summed E-state index contributed by atoms with van der Waals surface area (Å²) in [4.78, 5) is 16.4. The van der Waals surface area contributed by atoms with Crippen LogP contribution in [0.4, 0.5) is 0 Å². The van der Waals surface area contributed by atoms with Crippen molar-refractivity contribution in [1.82, 2.24) is 10.4 Å². The van der Waals surface area contributed by atoms with Crippen molar-refractivity contribution in [3.8, 4) is 5.75 Å². The van der Waals surface area contributed by atoms with Gasteiger partial charge >= 0.3 is 0 Å². The molecular formula is C18H15N3O2. The average molecular weight is 305 g/mol. The topological polar surface area (TPSA) is 63.6 Å². The first-order valence-corrected chi connectivity index (χ1v) is 7.09. The summed E-state index contributed by atoms with van der Waals surface area (Å²) in [5.41, 5.74) is 4.44. The molecule has 0 aliphatic heterocycles. The maximum absolute atomic E-state index is 12.1. The standard InChI is InChI=1S/C18H15N3O2/c1-23-15-9-6-13(7-10-15)12-19-21-18(22)17-11-8-14-4-2-3-5-16(14)20-17/h2-12H,1H3,(H,21,22)/b19-12+. The molecule has 0 fully saturated rings. The zero-order valence-electron chi connectivity index (χ0n) is 12.6. The van der Waals surface area contributed by atoms with Gasteiger partial charge in [0.25, 0.3) is 5.91 Å². The van der Waals surface area contributed by atoms with Crippen LogP contribution in [-0.4, -0.2) is 24.2 Å². The van der Waals surface area contributed by atoms with E-state index in [1.807, 2.05) is 54.6 Å². The molecule has 1 heterocycles. The molecule has 0 radical (unpaired) electrons. The van der Waals surface area contributed by atoms with Crippen LogP contribution in [0, 0.1) is 0 Å². The summed E-state index contributed by atoms with van der Waals surface area (Å²) in [6, 6.07) is 18.5. The number of hydrazone groups is 1. The van der Waals surface area contributed by atoms with E-state index in [2.05, 4.69) is 15.5 Å². The molecule has 1 aromatic heterocycles. The molecule has 0 aliphatic carbocycles. The van der Waals surface area contributed by atoms with E-state index < -0.39 is 0 Å². The molecule has 1 amide bonds. The van der Waals surface area contributed by atoms with Crippen LogP contribution in [0.25, 0.3) is 10.9 Å². The Kier molecular flexibility index (Phi) is 4.29. The molecule has 0 bridgehead atoms. The van der Waals surface area contributed by atoms with E-state index in [9.17, 15) is 4.79 Å². The molecular weight excluding hydrogens is 290 g/mol. The van der Waals surface area contributed by atoms with E-state index >= 15 is 0 Å². The summed E-state index contributed by atoms with van der Waals surface area (Å²) in [7, 11) is 1.61. The smallest absolute Gasteiger partial charge is 0.289 e. The maximum Gasteiger partial charge on any atom is 0.289 e. The lowest BCUT2D eigenvalue weighted by Crippen LogP contribution is -2.18. The molecule has 5 heteroatoms. The van der Waals surface area contributed by atoms with Gasteiger partial charge in [-0.15, -0.1) is 0 Å². The Hall–Kier alpha value is -3.21. The molecule has 2 aromatic carbocycles. The zero-order chi connectivity index (χ0) is 16.1. The highest BCUT2D eigenvalue weighted by atomic mass is 16.5. The minimum absolute atomic E-state index is 0.329. The summed E-state index contributed by atoms with van der Waals surface area (Å²) in [5.74, 6) is 0.423. The highest BCUT2D eigenvalue weighted by Crippen LogP contribution is 2.12. The second kappa shape index (κ2) is 6.70. The lowest BCUT2D eigenvalue weighted by atomic mass is 10.2. The summed E-state index contributed by atoms with van der Waals surface area (Å²) >= 11 is 0. The lowest BCUT2D eigenvalue weighted by molar-refractivity contribution is 0.0950. The van der Waals surface area contributed by atoms with Crippen LogP contribution in [0.3, 0.4) is 0 Å². The summed E-state index contributed by atoms with van der Waals surface area (Å²) < 4.78 is 5.08. The highest BCUT2D eigenvalue weighted by molar-refractivity contribution is 5.95. The summed E-state index contributed by atoms with van der Waals surface area (Å²) in [5, 5.41) is 4.94. The van der Waals surface area contributed by atoms with Crippen molar-refractivity contribution < 1.29 is 9.53 Å². The third kappa shape index (κ3) is 3.52. The molecule has 0 saturated heterocycles. The Morgan fingerprint density at radius 1 is 1.09 bits per heavy atom. The number of amides is 1. The van der Waals surface area contributed by atoms with Crippen molar-refractivity contribution in [1.29, 1.82) is 0 Å². The number of aromatic nitrogens is 1. The lowest BCUT2D eigenvalue weighted by Gasteiger charge is -2.02. The molecule has 3 aromatic rings. The Morgan fingerprint density at radius 3 is 2.65 bits per heavy atom. The number of ether oxygens (including phenoxy) is 1. The van der Waals surface area contributed by atoms with Crippen molar-refractivity contribution in [2.75, 3.05) is 7.11 Å². The molecule has 0 aliphatic rings. The van der Waals surface area contributed by atoms with Crippen LogP contribution in [-0.2, 0) is 0 Å². The molecule has 114 valence electrons. The van der Waals surface area contributed by atoms with Crippen molar-refractivity contribution in [3.05, 3.63) is 71.9 Å². The number of carbonyl (C=O) groups excluding carboxylic acids is 1. The Bertz CT molecular complexity index is 858. The van der Waals surface area contributed by atoms with E-state index in [1.54, 1.807) is 19.4 Å². The van der Waals surface area contributed by atoms with Crippen LogP contribution in [0.5, 0.6) is 5.75 Å². The van der Waals surface area contributed by atoms with Gasteiger partial charge in [-0.3, -0.25) is 4.79 Å². The third-order valence-corrected chi connectivity index (χ3v) is 3.33. The number of rotatable bonds is 4. The number of carbonyl (C=O) groups is 1. The van der Waals surface area contributed by atoms with Crippen molar-refractivity contribution >= 4 is 23.0 Å². The van der Waals surface area contributed by atoms with Gasteiger partial charge in [0, 0.05) is 5.39 Å². The van der Waals surface area contributed by atoms with Crippen molar-refractivity contribution in [3.63, 3.8) is 0 Å². The van der Waals surface area contributed by atoms with Gasteiger partial charge < -0.3 is 4.74 Å². The predicted molar refractivity (Wildman–Crippen MR) is 89.8 cm³/mol. The SMILES string of the molecule is COc1ccc(/C=N/NC(=O)c2ccc3ccccc3n2)cc1. The predicted octanol–water partition coefficient (Wildman–Crippen LogP) is 3.01. The number of hydrogen-bond donors (Lipinski definition) is 1. The number of hydrogen-bond acceptors (Lipinski definition) is 4. The van der Waals surface area contributed by atoms with Gasteiger partial charge in [-0.1, -0.05) is 24.3 Å². The quantitative estimate of drug-likeness (QED) is 0.595. The molecule has 0 spiro atoms. The number of pyridine rings is 1. The third-order valence-electron chi connectivity index (χ3n) is 3.33. The van der Waals surface area contributed by atoms with Crippen LogP contribution < -0.4 is 10.2 Å². The van der Waals surface area contributed by atoms with Crippen molar-refractivity contribution in [2.45, 2.75) is 0 Å². The van der Waals surface area contributed by atoms with Gasteiger partial charge in [0.1, 0.15) is 11.4 Å². The number of benzene rings is 2. The monoisotopic (exact) mass is 305 g/mol. The fourth-order valence-electron chi connectivity index (χ4n) is 2.11. The maximum atomic E-state index is 12.1. The Morgan fingerprint density at radius 2 is 1.87 bits per heavy atom. The fourth-order valence-corrected chi connectivity index (χ4v) is 2.11. The van der Waals surface area contributed by atoms with Gasteiger partial charge in [0.05, 0.1) is 18.8 Å². The van der Waals surface area contributed by atoms with Crippen LogP contribution >= 0.6 is 0 Å². The average Bonchev–Trinajstić information content (AvgIpc) is 2.61. The fraction of sp³-hybridized carbons (Fsp3) is 0.0556. The van der Waals surface area contributed by atoms with E-state index in [0.29, 0.717) is 5.69 Å². The first kappa shape index (κ1) is 14.7. The highest BCUT2D eigenvalue weighted by Gasteiger charge is 2.06. The van der Waals surface area contributed by atoms with Crippen LogP contribution in [0.1, 0.15) is 16.1 Å². The molecule has 1 N–H and O–H groups in total. The molecule has 0 atom stereocenters. The van der Waals surface area contributed by atoms with Crippen LogP contribution in [0.15, 0.2) is 65.8 Å². The van der Waals surface area contributed by atoms with Gasteiger partial charge in [-0.25, -0.2) is 10.4 Å². The van der Waals surface area contributed by atoms with Gasteiger partial charge in [0.15, 0.2) is 0 Å². The molecule has 23 heavy (non-hydrogen) atoms. The first-order chi connectivity index (χ1) is 11.3. The zero-order valence-corrected chi connectivity index (χ0v) is 12.6.